The fourth-order valence-corrected chi connectivity index (χ4v) is 5.15. The van der Waals surface area contributed by atoms with E-state index in [1.807, 2.05) is 23.5 Å². The SMILES string of the molecule is CC1(C)c2ccc(Cl)cc2Nc2cc3sc4ccccc4c3cc21. The Morgan fingerprint density at radius 3 is 2.50 bits per heavy atom. The zero-order valence-corrected chi connectivity index (χ0v) is 15.1. The highest BCUT2D eigenvalue weighted by Crippen LogP contribution is 2.48. The lowest BCUT2D eigenvalue weighted by Gasteiger charge is -2.36. The summed E-state index contributed by atoms with van der Waals surface area (Å²) >= 11 is 8.06. The molecule has 0 atom stereocenters. The summed E-state index contributed by atoms with van der Waals surface area (Å²) < 4.78 is 2.66. The molecule has 118 valence electrons. The number of hydrogen-bond donors (Lipinski definition) is 1. The molecule has 0 saturated carbocycles. The Hall–Kier alpha value is -2.03. The van der Waals surface area contributed by atoms with E-state index >= 15 is 0 Å². The minimum Gasteiger partial charge on any atom is -0.355 e. The minimum absolute atomic E-state index is 0.0578. The summed E-state index contributed by atoms with van der Waals surface area (Å²) in [4.78, 5) is 0. The van der Waals surface area contributed by atoms with E-state index in [1.165, 1.54) is 37.0 Å². The van der Waals surface area contributed by atoms with Gasteiger partial charge in [-0.1, -0.05) is 49.7 Å². The molecule has 0 amide bonds. The van der Waals surface area contributed by atoms with Gasteiger partial charge in [0.1, 0.15) is 0 Å². The molecule has 0 fully saturated rings. The smallest absolute Gasteiger partial charge is 0.0440 e. The molecule has 1 aliphatic heterocycles. The summed E-state index contributed by atoms with van der Waals surface area (Å²) in [6, 6.07) is 19.5. The third-order valence-corrected chi connectivity index (χ3v) is 6.48. The van der Waals surface area contributed by atoms with Crippen LogP contribution < -0.4 is 5.32 Å². The van der Waals surface area contributed by atoms with E-state index in [9.17, 15) is 0 Å². The number of fused-ring (bicyclic) bond motifs is 5. The largest absolute Gasteiger partial charge is 0.355 e. The van der Waals surface area contributed by atoms with E-state index < -0.39 is 0 Å². The van der Waals surface area contributed by atoms with E-state index in [2.05, 4.69) is 61.6 Å². The van der Waals surface area contributed by atoms with Crippen LogP contribution in [0.4, 0.5) is 11.4 Å². The van der Waals surface area contributed by atoms with Crippen LogP contribution in [-0.2, 0) is 5.41 Å². The first-order chi connectivity index (χ1) is 11.5. The van der Waals surface area contributed by atoms with Crippen molar-refractivity contribution in [1.82, 2.24) is 0 Å². The van der Waals surface area contributed by atoms with Gasteiger partial charge in [0.2, 0.25) is 0 Å². The Kier molecular flexibility index (Phi) is 2.83. The Bertz CT molecular complexity index is 1120. The number of thiophene rings is 1. The van der Waals surface area contributed by atoms with Gasteiger partial charge in [-0.3, -0.25) is 0 Å². The molecular formula is C21H16ClNS. The number of anilines is 2. The summed E-state index contributed by atoms with van der Waals surface area (Å²) in [5.74, 6) is 0. The van der Waals surface area contributed by atoms with Crippen LogP contribution in [0.5, 0.6) is 0 Å². The molecule has 3 aromatic carbocycles. The lowest BCUT2D eigenvalue weighted by atomic mass is 9.74. The second kappa shape index (κ2) is 4.75. The van der Waals surface area contributed by atoms with E-state index in [1.54, 1.807) is 0 Å². The summed E-state index contributed by atoms with van der Waals surface area (Å²) in [6.07, 6.45) is 0. The van der Waals surface area contributed by atoms with E-state index in [0.29, 0.717) is 0 Å². The number of halogens is 1. The van der Waals surface area contributed by atoms with E-state index in [0.717, 1.165) is 10.7 Å². The molecule has 0 spiro atoms. The van der Waals surface area contributed by atoms with Gasteiger partial charge in [0.25, 0.3) is 0 Å². The van der Waals surface area contributed by atoms with Crippen LogP contribution in [0.15, 0.2) is 54.6 Å². The first-order valence-electron chi connectivity index (χ1n) is 8.07. The molecule has 5 rings (SSSR count). The van der Waals surface area contributed by atoms with E-state index in [-0.39, 0.29) is 5.41 Å². The standard InChI is InChI=1S/C21H16ClNS/c1-21(2)15-8-7-12(22)9-17(15)23-18-11-20-14(10-16(18)21)13-5-3-4-6-19(13)24-20/h3-11,23H,1-2H3. The first kappa shape index (κ1) is 14.3. The van der Waals surface area contributed by atoms with Gasteiger partial charge in [0, 0.05) is 42.0 Å². The Labute approximate surface area is 149 Å². The minimum atomic E-state index is -0.0578. The quantitative estimate of drug-likeness (QED) is 0.357. The number of benzene rings is 3. The molecule has 1 nitrogen and oxygen atoms in total. The maximum atomic E-state index is 6.21. The van der Waals surface area contributed by atoms with Crippen LogP contribution in [-0.4, -0.2) is 0 Å². The lowest BCUT2D eigenvalue weighted by molar-refractivity contribution is 0.639. The van der Waals surface area contributed by atoms with Gasteiger partial charge >= 0.3 is 0 Å². The molecule has 0 saturated heterocycles. The van der Waals surface area contributed by atoms with Crippen LogP contribution in [0.1, 0.15) is 25.0 Å². The second-order valence-corrected chi connectivity index (χ2v) is 8.45. The Morgan fingerprint density at radius 2 is 1.62 bits per heavy atom. The molecule has 1 aromatic heterocycles. The van der Waals surface area contributed by atoms with Gasteiger partial charge in [-0.2, -0.15) is 0 Å². The van der Waals surface area contributed by atoms with Gasteiger partial charge in [-0.25, -0.2) is 0 Å². The number of rotatable bonds is 0. The van der Waals surface area contributed by atoms with Crippen molar-refractivity contribution in [1.29, 1.82) is 0 Å². The van der Waals surface area contributed by atoms with Crippen LogP contribution in [0, 0.1) is 0 Å². The van der Waals surface area contributed by atoms with Crippen molar-refractivity contribution in [2.45, 2.75) is 19.3 Å². The van der Waals surface area contributed by atoms with Crippen LogP contribution >= 0.6 is 22.9 Å². The van der Waals surface area contributed by atoms with Crippen LogP contribution in [0.25, 0.3) is 20.2 Å². The Balaban J connectivity index is 1.84. The first-order valence-corrected chi connectivity index (χ1v) is 9.26. The summed E-state index contributed by atoms with van der Waals surface area (Å²) in [5.41, 5.74) is 4.87. The molecule has 0 bridgehead atoms. The van der Waals surface area contributed by atoms with Crippen LogP contribution in [0.3, 0.4) is 0 Å². The zero-order chi connectivity index (χ0) is 16.5. The second-order valence-electron chi connectivity index (χ2n) is 6.93. The van der Waals surface area contributed by atoms with Gasteiger partial charge in [0.05, 0.1) is 0 Å². The molecule has 3 heteroatoms. The highest BCUT2D eigenvalue weighted by atomic mass is 35.5. The van der Waals surface area contributed by atoms with Gasteiger partial charge in [-0.05, 0) is 41.5 Å². The normalized spacial score (nSPS) is 15.1. The van der Waals surface area contributed by atoms with Crippen molar-refractivity contribution >= 4 is 54.5 Å². The van der Waals surface area contributed by atoms with Crippen molar-refractivity contribution in [3.63, 3.8) is 0 Å². The van der Waals surface area contributed by atoms with Crippen molar-refractivity contribution in [3.8, 4) is 0 Å². The molecule has 0 unspecified atom stereocenters. The van der Waals surface area contributed by atoms with Crippen molar-refractivity contribution in [2.75, 3.05) is 5.32 Å². The molecule has 24 heavy (non-hydrogen) atoms. The van der Waals surface area contributed by atoms with Gasteiger partial charge < -0.3 is 5.32 Å². The average molecular weight is 350 g/mol. The van der Waals surface area contributed by atoms with Gasteiger partial charge in [-0.15, -0.1) is 11.3 Å². The fourth-order valence-electron chi connectivity index (χ4n) is 3.85. The molecule has 0 aliphatic carbocycles. The predicted molar refractivity (Wildman–Crippen MR) is 106 cm³/mol. The molecule has 4 aromatic rings. The highest BCUT2D eigenvalue weighted by Gasteiger charge is 2.33. The summed E-state index contributed by atoms with van der Waals surface area (Å²) in [6.45, 7) is 4.58. The number of hydrogen-bond acceptors (Lipinski definition) is 2. The maximum absolute atomic E-state index is 6.21. The Morgan fingerprint density at radius 1 is 0.833 bits per heavy atom. The molecule has 1 aliphatic rings. The third-order valence-electron chi connectivity index (χ3n) is 5.11. The zero-order valence-electron chi connectivity index (χ0n) is 13.5. The summed E-state index contributed by atoms with van der Waals surface area (Å²) in [7, 11) is 0. The lowest BCUT2D eigenvalue weighted by Crippen LogP contribution is -2.25. The molecule has 2 heterocycles. The maximum Gasteiger partial charge on any atom is 0.0440 e. The van der Waals surface area contributed by atoms with Gasteiger partial charge in [0.15, 0.2) is 0 Å². The fraction of sp³-hybridized carbons (Fsp3) is 0.143. The highest BCUT2D eigenvalue weighted by molar-refractivity contribution is 7.25. The predicted octanol–water partition coefficient (Wildman–Crippen LogP) is 7.09. The topological polar surface area (TPSA) is 12.0 Å². The number of nitrogens with one attached hydrogen (secondary N) is 1. The van der Waals surface area contributed by atoms with Crippen LogP contribution in [0.2, 0.25) is 5.02 Å². The molecular weight excluding hydrogens is 334 g/mol. The van der Waals surface area contributed by atoms with E-state index in [4.69, 9.17) is 11.6 Å². The third kappa shape index (κ3) is 1.87. The van der Waals surface area contributed by atoms with Crippen molar-refractivity contribution in [2.24, 2.45) is 0 Å². The molecule has 1 N–H and O–H groups in total. The molecule has 0 radical (unpaired) electrons. The van der Waals surface area contributed by atoms with Crippen molar-refractivity contribution < 1.29 is 0 Å². The monoisotopic (exact) mass is 349 g/mol. The average Bonchev–Trinajstić information content (AvgIpc) is 2.90. The van der Waals surface area contributed by atoms with Crippen molar-refractivity contribution in [3.05, 3.63) is 70.7 Å². The summed E-state index contributed by atoms with van der Waals surface area (Å²) in [5, 5.41) is 7.06.